The molecule has 0 amide bonds. The fraction of sp³-hybridized carbons (Fsp3) is 0.111. The van der Waals surface area contributed by atoms with Gasteiger partial charge < -0.3 is 5.73 Å². The maximum atomic E-state index is 5.57. The van der Waals surface area contributed by atoms with Crippen LogP contribution in [0.4, 0.5) is 0 Å². The van der Waals surface area contributed by atoms with Gasteiger partial charge >= 0.3 is 0 Å². The zero-order chi connectivity index (χ0) is 10.7. The third-order valence-electron chi connectivity index (χ3n) is 1.85. The van der Waals surface area contributed by atoms with Gasteiger partial charge in [0.1, 0.15) is 6.33 Å². The molecule has 15 heavy (non-hydrogen) atoms. The SMILES string of the molecule is NCc1ccc(Sc2ncn[nH]2)cc1Br. The average molecular weight is 285 g/mol. The maximum absolute atomic E-state index is 5.57. The first-order valence-corrected chi connectivity index (χ1v) is 5.92. The van der Waals surface area contributed by atoms with Crippen LogP contribution in [0.25, 0.3) is 0 Å². The zero-order valence-corrected chi connectivity index (χ0v) is 10.2. The van der Waals surface area contributed by atoms with Crippen LogP contribution in [0.5, 0.6) is 0 Å². The van der Waals surface area contributed by atoms with Crippen LogP contribution in [0.1, 0.15) is 5.56 Å². The molecule has 1 aromatic heterocycles. The first-order valence-electron chi connectivity index (χ1n) is 4.31. The summed E-state index contributed by atoms with van der Waals surface area (Å²) in [4.78, 5) is 5.13. The van der Waals surface area contributed by atoms with Gasteiger partial charge in [-0.3, -0.25) is 5.10 Å². The summed E-state index contributed by atoms with van der Waals surface area (Å²) in [7, 11) is 0. The van der Waals surface area contributed by atoms with E-state index in [0.29, 0.717) is 6.54 Å². The molecule has 0 fully saturated rings. The van der Waals surface area contributed by atoms with Crippen LogP contribution in [0.2, 0.25) is 0 Å². The number of nitrogens with one attached hydrogen (secondary N) is 1. The Morgan fingerprint density at radius 1 is 1.47 bits per heavy atom. The summed E-state index contributed by atoms with van der Waals surface area (Å²) in [5.74, 6) is 0. The van der Waals surface area contributed by atoms with Gasteiger partial charge in [0.2, 0.25) is 0 Å². The zero-order valence-electron chi connectivity index (χ0n) is 7.77. The molecule has 6 heteroatoms. The second kappa shape index (κ2) is 4.78. The van der Waals surface area contributed by atoms with Crippen LogP contribution in [0, 0.1) is 0 Å². The Hall–Kier alpha value is -0.850. The van der Waals surface area contributed by atoms with Crippen LogP contribution in [0.3, 0.4) is 0 Å². The lowest BCUT2D eigenvalue weighted by Crippen LogP contribution is -1.96. The van der Waals surface area contributed by atoms with E-state index in [2.05, 4.69) is 31.1 Å². The number of nitrogens with zero attached hydrogens (tertiary/aromatic N) is 2. The molecule has 2 rings (SSSR count). The van der Waals surface area contributed by atoms with Crippen LogP contribution in [-0.4, -0.2) is 15.2 Å². The van der Waals surface area contributed by atoms with E-state index in [1.807, 2.05) is 18.2 Å². The summed E-state index contributed by atoms with van der Waals surface area (Å²) in [5.41, 5.74) is 6.67. The van der Waals surface area contributed by atoms with Gasteiger partial charge in [0.25, 0.3) is 0 Å². The monoisotopic (exact) mass is 284 g/mol. The number of hydrogen-bond acceptors (Lipinski definition) is 4. The molecule has 0 aliphatic carbocycles. The van der Waals surface area contributed by atoms with Gasteiger partial charge in [-0.1, -0.05) is 33.8 Å². The Morgan fingerprint density at radius 3 is 2.93 bits per heavy atom. The predicted molar refractivity (Wildman–Crippen MR) is 62.5 cm³/mol. The van der Waals surface area contributed by atoms with Crippen molar-refractivity contribution in [2.24, 2.45) is 5.73 Å². The highest BCUT2D eigenvalue weighted by molar-refractivity contribution is 9.10. The highest BCUT2D eigenvalue weighted by atomic mass is 79.9. The molecule has 0 radical (unpaired) electrons. The predicted octanol–water partition coefficient (Wildman–Crippen LogP) is 2.18. The Labute approximate surface area is 99.8 Å². The van der Waals surface area contributed by atoms with Crippen molar-refractivity contribution >= 4 is 27.7 Å². The number of H-pyrrole nitrogens is 1. The van der Waals surface area contributed by atoms with E-state index in [-0.39, 0.29) is 0 Å². The van der Waals surface area contributed by atoms with Crippen molar-refractivity contribution in [3.8, 4) is 0 Å². The van der Waals surface area contributed by atoms with E-state index < -0.39 is 0 Å². The van der Waals surface area contributed by atoms with E-state index in [1.54, 1.807) is 0 Å². The summed E-state index contributed by atoms with van der Waals surface area (Å²) in [6, 6.07) is 6.04. The van der Waals surface area contributed by atoms with Crippen LogP contribution < -0.4 is 5.73 Å². The molecule has 0 saturated carbocycles. The van der Waals surface area contributed by atoms with Gasteiger partial charge in [-0.25, -0.2) is 4.98 Å². The molecule has 1 heterocycles. The van der Waals surface area contributed by atoms with Crippen molar-refractivity contribution in [3.05, 3.63) is 34.6 Å². The Morgan fingerprint density at radius 2 is 2.33 bits per heavy atom. The minimum Gasteiger partial charge on any atom is -0.326 e. The van der Waals surface area contributed by atoms with Crippen molar-refractivity contribution in [3.63, 3.8) is 0 Å². The highest BCUT2D eigenvalue weighted by Crippen LogP contribution is 2.28. The molecule has 1 aromatic carbocycles. The molecule has 2 aromatic rings. The molecule has 3 N–H and O–H groups in total. The summed E-state index contributed by atoms with van der Waals surface area (Å²) in [6.07, 6.45) is 1.49. The summed E-state index contributed by atoms with van der Waals surface area (Å²) >= 11 is 5.00. The van der Waals surface area contributed by atoms with E-state index in [1.165, 1.54) is 18.1 Å². The van der Waals surface area contributed by atoms with Gasteiger partial charge in [0, 0.05) is 15.9 Å². The minimum atomic E-state index is 0.536. The summed E-state index contributed by atoms with van der Waals surface area (Å²) < 4.78 is 1.02. The molecule has 0 bridgehead atoms. The number of nitrogens with two attached hydrogens (primary N) is 1. The quantitative estimate of drug-likeness (QED) is 0.907. The Kier molecular flexibility index (Phi) is 3.40. The number of benzene rings is 1. The van der Waals surface area contributed by atoms with Crippen LogP contribution in [-0.2, 0) is 6.54 Å². The fourth-order valence-electron chi connectivity index (χ4n) is 1.11. The van der Waals surface area contributed by atoms with Crippen molar-refractivity contribution in [1.82, 2.24) is 15.2 Å². The number of halogens is 1. The summed E-state index contributed by atoms with van der Waals surface area (Å²) in [6.45, 7) is 0.536. The minimum absolute atomic E-state index is 0.536. The van der Waals surface area contributed by atoms with Crippen LogP contribution in [0.15, 0.2) is 39.1 Å². The molecule has 0 aliphatic heterocycles. The van der Waals surface area contributed by atoms with Gasteiger partial charge in [-0.15, -0.1) is 0 Å². The van der Waals surface area contributed by atoms with Gasteiger partial charge in [-0.05, 0) is 17.7 Å². The lowest BCUT2D eigenvalue weighted by atomic mass is 10.2. The molecule has 0 unspecified atom stereocenters. The van der Waals surface area contributed by atoms with Crippen molar-refractivity contribution in [2.75, 3.05) is 0 Å². The highest BCUT2D eigenvalue weighted by Gasteiger charge is 2.03. The third kappa shape index (κ3) is 2.58. The number of aromatic amines is 1. The maximum Gasteiger partial charge on any atom is 0.188 e. The van der Waals surface area contributed by atoms with E-state index in [4.69, 9.17) is 5.73 Å². The molecule has 78 valence electrons. The fourth-order valence-corrected chi connectivity index (χ4v) is 2.54. The number of rotatable bonds is 3. The van der Waals surface area contributed by atoms with Gasteiger partial charge in [0.15, 0.2) is 5.16 Å². The van der Waals surface area contributed by atoms with E-state index in [9.17, 15) is 0 Å². The Balaban J connectivity index is 2.20. The largest absolute Gasteiger partial charge is 0.326 e. The third-order valence-corrected chi connectivity index (χ3v) is 3.47. The smallest absolute Gasteiger partial charge is 0.188 e. The number of aromatic nitrogens is 3. The van der Waals surface area contributed by atoms with E-state index >= 15 is 0 Å². The van der Waals surface area contributed by atoms with Crippen molar-refractivity contribution < 1.29 is 0 Å². The second-order valence-electron chi connectivity index (χ2n) is 2.85. The topological polar surface area (TPSA) is 67.6 Å². The van der Waals surface area contributed by atoms with Crippen molar-refractivity contribution in [1.29, 1.82) is 0 Å². The van der Waals surface area contributed by atoms with Crippen molar-refractivity contribution in [2.45, 2.75) is 16.6 Å². The first kappa shape index (κ1) is 10.7. The van der Waals surface area contributed by atoms with E-state index in [0.717, 1.165) is 20.1 Å². The van der Waals surface area contributed by atoms with Gasteiger partial charge in [-0.2, -0.15) is 5.10 Å². The molecular weight excluding hydrogens is 276 g/mol. The molecule has 0 spiro atoms. The first-order chi connectivity index (χ1) is 7.29. The Bertz CT molecular complexity index is 443. The standard InChI is InChI=1S/C9H9BrN4S/c10-8-3-7(2-1-6(8)4-11)15-9-12-5-13-14-9/h1-3,5H,4,11H2,(H,12,13,14). The molecule has 0 aliphatic rings. The lowest BCUT2D eigenvalue weighted by Gasteiger charge is -2.03. The molecule has 0 saturated heterocycles. The second-order valence-corrected chi connectivity index (χ2v) is 4.77. The van der Waals surface area contributed by atoms with Crippen LogP contribution >= 0.6 is 27.7 Å². The lowest BCUT2D eigenvalue weighted by molar-refractivity contribution is 0.972. The summed E-state index contributed by atoms with van der Waals surface area (Å²) in [5, 5.41) is 7.36. The molecule has 0 atom stereocenters. The van der Waals surface area contributed by atoms with Gasteiger partial charge in [0.05, 0.1) is 0 Å². The molecule has 4 nitrogen and oxygen atoms in total. The molecular formula is C9H9BrN4S. The average Bonchev–Trinajstić information content (AvgIpc) is 2.71. The number of hydrogen-bond donors (Lipinski definition) is 2. The normalized spacial score (nSPS) is 10.5.